The van der Waals surface area contributed by atoms with E-state index in [0.29, 0.717) is 5.92 Å². The summed E-state index contributed by atoms with van der Waals surface area (Å²) in [6.07, 6.45) is 11.3. The fourth-order valence-electron chi connectivity index (χ4n) is 13.6. The molecule has 366 valence electrons. The van der Waals surface area contributed by atoms with Gasteiger partial charge in [-0.2, -0.15) is 0 Å². The van der Waals surface area contributed by atoms with Gasteiger partial charge in [0.15, 0.2) is 0 Å². The van der Waals surface area contributed by atoms with E-state index >= 15 is 0 Å². The number of benzene rings is 5. The van der Waals surface area contributed by atoms with E-state index in [0.717, 1.165) is 0 Å². The van der Waals surface area contributed by atoms with E-state index in [1.165, 1.54) is 151 Å². The Kier molecular flexibility index (Phi) is 10.7. The molecule has 3 aliphatic carbocycles. The zero-order chi connectivity index (χ0) is 50.0. The molecule has 0 saturated heterocycles. The molecule has 1 fully saturated rings. The molecule has 70 heavy (non-hydrogen) atoms. The summed E-state index contributed by atoms with van der Waals surface area (Å²) in [6, 6.07) is 33.7. The van der Waals surface area contributed by atoms with Gasteiger partial charge in [0.05, 0.1) is 5.69 Å². The topological polar surface area (TPSA) is 6.48 Å². The third-order valence-corrected chi connectivity index (χ3v) is 19.8. The molecule has 6 aromatic rings. The molecule has 4 heteroatoms. The van der Waals surface area contributed by atoms with Crippen LogP contribution in [0.4, 0.5) is 34.1 Å². The Labute approximate surface area is 428 Å². The maximum atomic E-state index is 2.82. The molecule has 3 heterocycles. The number of nitrogens with zero attached hydrogens (tertiary/aromatic N) is 2. The van der Waals surface area contributed by atoms with Crippen molar-refractivity contribution in [1.29, 1.82) is 0 Å². The molecule has 0 amide bonds. The van der Waals surface area contributed by atoms with E-state index in [4.69, 9.17) is 0 Å². The first-order valence-electron chi connectivity index (χ1n) is 27.4. The normalized spacial score (nSPS) is 20.2. The van der Waals surface area contributed by atoms with Crippen LogP contribution in [0.1, 0.15) is 226 Å². The van der Waals surface area contributed by atoms with Crippen LogP contribution >= 0.6 is 11.3 Å². The van der Waals surface area contributed by atoms with Gasteiger partial charge in [-0.3, -0.25) is 0 Å². The molecule has 0 bridgehead atoms. The predicted octanol–water partition coefficient (Wildman–Crippen LogP) is 17.6. The highest BCUT2D eigenvalue weighted by molar-refractivity contribution is 7.33. The van der Waals surface area contributed by atoms with Crippen LogP contribution < -0.4 is 25.5 Å². The predicted molar refractivity (Wildman–Crippen MR) is 308 cm³/mol. The molecule has 1 aromatic heterocycles. The van der Waals surface area contributed by atoms with Crippen molar-refractivity contribution < 1.29 is 0 Å². The van der Waals surface area contributed by atoms with Crippen LogP contribution in [0.25, 0.3) is 10.1 Å². The molecular weight excluding hydrogens is 864 g/mol. The molecule has 0 spiro atoms. The van der Waals surface area contributed by atoms with E-state index in [-0.39, 0.29) is 44.6 Å². The first-order valence-corrected chi connectivity index (χ1v) is 28.2. The highest BCUT2D eigenvalue weighted by Gasteiger charge is 2.48. The van der Waals surface area contributed by atoms with E-state index in [1.54, 1.807) is 11.1 Å². The SMILES string of the molecule is CC(C)(C)c1cc(N2c3ccc(C(C)(C)C)cc3B3c4sc5cc6c(cc5c4N(c4ccc5c(c4)C(C)(C)CCC5(C)C)c4cc(C5CCCCC5)cc2c43)C(C)(C)CCC6(C)C)cc(C(C)(C)C)c1. The third kappa shape index (κ3) is 7.59. The molecule has 2 aliphatic heterocycles. The number of anilines is 6. The summed E-state index contributed by atoms with van der Waals surface area (Å²) in [4.78, 5) is 5.57. The van der Waals surface area contributed by atoms with Crippen molar-refractivity contribution in [2.24, 2.45) is 0 Å². The van der Waals surface area contributed by atoms with Crippen LogP contribution in [0.15, 0.2) is 78.9 Å². The Hall–Kier alpha value is -4.28. The highest BCUT2D eigenvalue weighted by atomic mass is 32.1. The minimum absolute atomic E-state index is 0.0109. The summed E-state index contributed by atoms with van der Waals surface area (Å²) in [5.41, 5.74) is 23.3. The monoisotopic (exact) mass is 947 g/mol. The van der Waals surface area contributed by atoms with Crippen LogP contribution in [-0.2, 0) is 37.9 Å². The summed E-state index contributed by atoms with van der Waals surface area (Å²) in [5, 5.41) is 1.43. The summed E-state index contributed by atoms with van der Waals surface area (Å²) in [6.45, 7) is 41.6. The summed E-state index contributed by atoms with van der Waals surface area (Å²) >= 11 is 2.10. The third-order valence-electron chi connectivity index (χ3n) is 18.6. The lowest BCUT2D eigenvalue weighted by atomic mass is 9.36. The molecule has 0 unspecified atom stereocenters. The Bertz CT molecular complexity index is 3080. The van der Waals surface area contributed by atoms with Crippen molar-refractivity contribution in [2.75, 3.05) is 9.80 Å². The minimum atomic E-state index is -0.0174. The largest absolute Gasteiger partial charge is 0.311 e. The Morgan fingerprint density at radius 1 is 0.486 bits per heavy atom. The van der Waals surface area contributed by atoms with Gasteiger partial charge in [-0.1, -0.05) is 161 Å². The van der Waals surface area contributed by atoms with Gasteiger partial charge in [-0.05, 0) is 192 Å². The van der Waals surface area contributed by atoms with Gasteiger partial charge in [-0.25, -0.2) is 0 Å². The Balaban J connectivity index is 1.30. The fraction of sp³-hybridized carbons (Fsp3) is 0.515. The summed E-state index contributed by atoms with van der Waals surface area (Å²) in [5.74, 6) is 0.534. The van der Waals surface area contributed by atoms with Crippen LogP contribution in [0, 0.1) is 0 Å². The van der Waals surface area contributed by atoms with E-state index < -0.39 is 0 Å². The van der Waals surface area contributed by atoms with Crippen molar-refractivity contribution in [3.63, 3.8) is 0 Å². The first kappa shape index (κ1) is 48.0. The zero-order valence-corrected chi connectivity index (χ0v) is 47.1. The second-order valence-electron chi connectivity index (χ2n) is 28.7. The van der Waals surface area contributed by atoms with Crippen molar-refractivity contribution in [3.05, 3.63) is 123 Å². The lowest BCUT2D eigenvalue weighted by Crippen LogP contribution is -2.60. The minimum Gasteiger partial charge on any atom is -0.311 e. The Morgan fingerprint density at radius 3 is 1.59 bits per heavy atom. The maximum absolute atomic E-state index is 2.82. The summed E-state index contributed by atoms with van der Waals surface area (Å²) < 4.78 is 2.93. The van der Waals surface area contributed by atoms with Gasteiger partial charge in [0.2, 0.25) is 0 Å². The van der Waals surface area contributed by atoms with Crippen LogP contribution in [0.2, 0.25) is 0 Å². The molecular formula is C66H83BN2S. The molecule has 11 rings (SSSR count). The van der Waals surface area contributed by atoms with Crippen molar-refractivity contribution in [1.82, 2.24) is 0 Å². The summed E-state index contributed by atoms with van der Waals surface area (Å²) in [7, 11) is 0. The van der Waals surface area contributed by atoms with Crippen LogP contribution in [-0.4, -0.2) is 6.71 Å². The Morgan fingerprint density at radius 2 is 1.01 bits per heavy atom. The zero-order valence-electron chi connectivity index (χ0n) is 46.3. The smallest absolute Gasteiger partial charge is 0.264 e. The quantitative estimate of drug-likeness (QED) is 0.163. The fourth-order valence-corrected chi connectivity index (χ4v) is 14.9. The molecule has 0 N–H and O–H groups in total. The van der Waals surface area contributed by atoms with Crippen LogP contribution in [0.5, 0.6) is 0 Å². The van der Waals surface area contributed by atoms with E-state index in [2.05, 4.69) is 218 Å². The highest BCUT2D eigenvalue weighted by Crippen LogP contribution is 2.55. The average Bonchev–Trinajstić information content (AvgIpc) is 3.66. The van der Waals surface area contributed by atoms with Gasteiger partial charge in [-0.15, -0.1) is 11.3 Å². The second kappa shape index (κ2) is 15.6. The molecule has 0 radical (unpaired) electrons. The van der Waals surface area contributed by atoms with Crippen molar-refractivity contribution in [2.45, 2.75) is 219 Å². The number of hydrogen-bond acceptors (Lipinski definition) is 3. The number of fused-ring (bicyclic) bond motifs is 8. The van der Waals surface area contributed by atoms with Gasteiger partial charge >= 0.3 is 0 Å². The molecule has 2 nitrogen and oxygen atoms in total. The molecule has 5 aromatic carbocycles. The van der Waals surface area contributed by atoms with Crippen LogP contribution in [0.3, 0.4) is 0 Å². The maximum Gasteiger partial charge on any atom is 0.264 e. The standard InChI is InChI=1S/C66H83BN2S/c1-60(2,3)42-23-26-53-52(36-42)67-57-54(68(53)46-34-43(61(4,5)6)33-44(35-46)62(7,8)9)31-41(40-21-19-18-20-22-40)32-55(57)69(45-24-25-48-49(37-45)64(12,13)28-27-63(48,10)11)58-47-38-50-51(39-56(47)70-59(58)67)66(16,17)30-29-65(50,14)15/h23-26,31-40H,18-22,27-30H2,1-17H3. The number of thiophene rings is 1. The number of hydrogen-bond donors (Lipinski definition) is 0. The molecule has 0 atom stereocenters. The lowest BCUT2D eigenvalue weighted by Gasteiger charge is -2.46. The number of rotatable bonds is 3. The van der Waals surface area contributed by atoms with Gasteiger partial charge in [0.25, 0.3) is 6.71 Å². The van der Waals surface area contributed by atoms with Gasteiger partial charge < -0.3 is 9.80 Å². The van der Waals surface area contributed by atoms with E-state index in [1.807, 2.05) is 0 Å². The first-order chi connectivity index (χ1) is 32.5. The molecule has 1 saturated carbocycles. The van der Waals surface area contributed by atoms with Crippen molar-refractivity contribution >= 4 is 78.0 Å². The van der Waals surface area contributed by atoms with Gasteiger partial charge in [0, 0.05) is 43.3 Å². The lowest BCUT2D eigenvalue weighted by molar-refractivity contribution is 0.332. The van der Waals surface area contributed by atoms with E-state index in [9.17, 15) is 0 Å². The van der Waals surface area contributed by atoms with Gasteiger partial charge in [0.1, 0.15) is 0 Å². The second-order valence-corrected chi connectivity index (χ2v) is 29.8. The van der Waals surface area contributed by atoms with Crippen molar-refractivity contribution in [3.8, 4) is 0 Å². The molecule has 5 aliphatic rings. The average molecular weight is 947 g/mol.